The van der Waals surface area contributed by atoms with Crippen molar-refractivity contribution in [3.63, 3.8) is 0 Å². The van der Waals surface area contributed by atoms with E-state index in [4.69, 9.17) is 16.0 Å². The summed E-state index contributed by atoms with van der Waals surface area (Å²) in [5.41, 5.74) is 0.853. The van der Waals surface area contributed by atoms with Crippen molar-refractivity contribution in [3.8, 4) is 11.4 Å². The lowest BCUT2D eigenvalue weighted by Crippen LogP contribution is -2.02. The van der Waals surface area contributed by atoms with Crippen LogP contribution >= 0.6 is 39.3 Å². The lowest BCUT2D eigenvalue weighted by Gasteiger charge is -2.07. The Hall–Kier alpha value is -2.03. The number of nitrogens with zero attached hydrogens (tertiary/aromatic N) is 3. The Kier molecular flexibility index (Phi) is 5.85. The van der Waals surface area contributed by atoms with Crippen molar-refractivity contribution in [3.05, 3.63) is 56.8 Å². The molecule has 0 saturated heterocycles. The van der Waals surface area contributed by atoms with Crippen molar-refractivity contribution < 1.29 is 14.3 Å². The first-order valence-electron chi connectivity index (χ1n) is 7.55. The number of carbonyl (C=O) groups is 1. The molecule has 0 fully saturated rings. The number of hydrogen-bond donors (Lipinski definition) is 1. The molecule has 3 aromatic rings. The highest BCUT2D eigenvalue weighted by molar-refractivity contribution is 9.10. The maximum Gasteiger partial charge on any atom is 0.342 e. The highest BCUT2D eigenvalue weighted by Crippen LogP contribution is 2.31. The second-order valence-corrected chi connectivity index (χ2v) is 7.34. The SMILES string of the molecule is CCn1c(S/C(=C\c2ccc(Br)o2)C(=O)O)nnc1-c1ccc(Cl)cc1. The molecule has 0 radical (unpaired) electrons. The summed E-state index contributed by atoms with van der Waals surface area (Å²) in [5.74, 6) is 0.0145. The fourth-order valence-electron chi connectivity index (χ4n) is 2.23. The summed E-state index contributed by atoms with van der Waals surface area (Å²) >= 11 is 10.1. The predicted molar refractivity (Wildman–Crippen MR) is 104 cm³/mol. The molecule has 6 nitrogen and oxygen atoms in total. The smallest absolute Gasteiger partial charge is 0.342 e. The predicted octanol–water partition coefficient (Wildman–Crippen LogP) is 5.19. The van der Waals surface area contributed by atoms with E-state index in [0.717, 1.165) is 17.3 Å². The van der Waals surface area contributed by atoms with Crippen molar-refractivity contribution in [2.75, 3.05) is 0 Å². The molecule has 0 spiro atoms. The fraction of sp³-hybridized carbons (Fsp3) is 0.118. The Labute approximate surface area is 167 Å². The number of furan rings is 1. The first kappa shape index (κ1) is 18.8. The third-order valence-corrected chi connectivity index (χ3v) is 5.09. The van der Waals surface area contributed by atoms with Gasteiger partial charge >= 0.3 is 5.97 Å². The van der Waals surface area contributed by atoms with Gasteiger partial charge in [-0.1, -0.05) is 11.6 Å². The van der Waals surface area contributed by atoms with Gasteiger partial charge in [-0.15, -0.1) is 10.2 Å². The summed E-state index contributed by atoms with van der Waals surface area (Å²) in [6.07, 6.45) is 1.45. The molecule has 0 aliphatic carbocycles. The maximum atomic E-state index is 11.6. The summed E-state index contributed by atoms with van der Waals surface area (Å²) in [7, 11) is 0. The van der Waals surface area contributed by atoms with Crippen molar-refractivity contribution in [2.24, 2.45) is 0 Å². The molecule has 9 heteroatoms. The third kappa shape index (κ3) is 4.20. The molecule has 1 N–H and O–H groups in total. The molecular weight excluding hydrogens is 442 g/mol. The van der Waals surface area contributed by atoms with E-state index in [-0.39, 0.29) is 4.91 Å². The van der Waals surface area contributed by atoms with Gasteiger partial charge in [-0.3, -0.25) is 0 Å². The van der Waals surface area contributed by atoms with Crippen LogP contribution in [-0.4, -0.2) is 25.8 Å². The highest BCUT2D eigenvalue weighted by atomic mass is 79.9. The van der Waals surface area contributed by atoms with Crippen LogP contribution in [0.15, 0.2) is 55.5 Å². The number of aliphatic carboxylic acids is 1. The molecule has 2 heterocycles. The molecule has 0 aliphatic heterocycles. The zero-order chi connectivity index (χ0) is 18.7. The van der Waals surface area contributed by atoms with E-state index in [1.807, 2.05) is 23.6 Å². The van der Waals surface area contributed by atoms with Crippen LogP contribution in [0.25, 0.3) is 17.5 Å². The first-order valence-corrected chi connectivity index (χ1v) is 9.54. The van der Waals surface area contributed by atoms with Crippen LogP contribution in [0.5, 0.6) is 0 Å². The largest absolute Gasteiger partial charge is 0.477 e. The molecule has 134 valence electrons. The number of hydrogen-bond acceptors (Lipinski definition) is 5. The van der Waals surface area contributed by atoms with E-state index in [2.05, 4.69) is 26.1 Å². The molecule has 0 bridgehead atoms. The van der Waals surface area contributed by atoms with Gasteiger partial charge in [-0.05, 0) is 71.0 Å². The van der Waals surface area contributed by atoms with E-state index in [1.54, 1.807) is 24.3 Å². The molecule has 0 saturated carbocycles. The molecule has 0 unspecified atom stereocenters. The summed E-state index contributed by atoms with van der Waals surface area (Å²) < 4.78 is 7.73. The van der Waals surface area contributed by atoms with Crippen LogP contribution in [0.3, 0.4) is 0 Å². The normalized spacial score (nSPS) is 11.7. The number of benzene rings is 1. The van der Waals surface area contributed by atoms with Crippen LogP contribution in [-0.2, 0) is 11.3 Å². The Morgan fingerprint density at radius 2 is 2.04 bits per heavy atom. The number of halogens is 2. The average Bonchev–Trinajstić information content (AvgIpc) is 3.20. The van der Waals surface area contributed by atoms with Crippen LogP contribution in [0.2, 0.25) is 5.02 Å². The van der Waals surface area contributed by atoms with Gasteiger partial charge in [0.25, 0.3) is 0 Å². The molecule has 0 atom stereocenters. The Bertz CT molecular complexity index is 966. The van der Waals surface area contributed by atoms with Crippen LogP contribution < -0.4 is 0 Å². The van der Waals surface area contributed by atoms with E-state index in [9.17, 15) is 9.90 Å². The zero-order valence-corrected chi connectivity index (χ0v) is 16.7. The minimum Gasteiger partial charge on any atom is -0.477 e. The minimum absolute atomic E-state index is 0.0802. The number of thioether (sulfide) groups is 1. The monoisotopic (exact) mass is 453 g/mol. The standard InChI is InChI=1S/C17H13BrClN3O3S/c1-2-22-15(10-3-5-11(19)6-4-10)20-21-17(22)26-13(16(23)24)9-12-7-8-14(18)25-12/h3-9H,2H2,1H3,(H,23,24)/b13-9-. The zero-order valence-electron chi connectivity index (χ0n) is 13.5. The van der Waals surface area contributed by atoms with Crippen molar-refractivity contribution in [1.82, 2.24) is 14.8 Å². The van der Waals surface area contributed by atoms with E-state index in [1.165, 1.54) is 6.08 Å². The minimum atomic E-state index is -1.07. The summed E-state index contributed by atoms with van der Waals surface area (Å²) in [4.78, 5) is 11.7. The van der Waals surface area contributed by atoms with Gasteiger partial charge < -0.3 is 14.1 Å². The average molecular weight is 455 g/mol. The maximum absolute atomic E-state index is 11.6. The van der Waals surface area contributed by atoms with Gasteiger partial charge in [0.2, 0.25) is 0 Å². The van der Waals surface area contributed by atoms with E-state index >= 15 is 0 Å². The Morgan fingerprint density at radius 3 is 2.62 bits per heavy atom. The number of carboxylic acid groups (broad SMARTS) is 1. The lowest BCUT2D eigenvalue weighted by atomic mass is 10.2. The third-order valence-electron chi connectivity index (χ3n) is 3.41. The molecule has 2 aromatic heterocycles. The quantitative estimate of drug-likeness (QED) is 0.408. The number of aromatic nitrogens is 3. The molecular formula is C17H13BrClN3O3S. The van der Waals surface area contributed by atoms with Crippen LogP contribution in [0.4, 0.5) is 0 Å². The van der Waals surface area contributed by atoms with Crippen LogP contribution in [0.1, 0.15) is 12.7 Å². The summed E-state index contributed by atoms with van der Waals surface area (Å²) in [5, 5.41) is 19.0. The Balaban J connectivity index is 1.94. The van der Waals surface area contributed by atoms with Crippen molar-refractivity contribution in [2.45, 2.75) is 18.6 Å². The van der Waals surface area contributed by atoms with Crippen molar-refractivity contribution in [1.29, 1.82) is 0 Å². The van der Waals surface area contributed by atoms with E-state index in [0.29, 0.717) is 33.0 Å². The topological polar surface area (TPSA) is 81.2 Å². The van der Waals surface area contributed by atoms with Gasteiger partial charge in [0, 0.05) is 23.2 Å². The van der Waals surface area contributed by atoms with Gasteiger partial charge in [0.05, 0.1) is 0 Å². The summed E-state index contributed by atoms with van der Waals surface area (Å²) in [6.45, 7) is 2.53. The number of carboxylic acids is 1. The van der Waals surface area contributed by atoms with E-state index < -0.39 is 5.97 Å². The van der Waals surface area contributed by atoms with Gasteiger partial charge in [-0.25, -0.2) is 4.79 Å². The fourth-order valence-corrected chi connectivity index (χ4v) is 3.54. The molecule has 0 amide bonds. The molecule has 3 rings (SSSR count). The Morgan fingerprint density at radius 1 is 1.31 bits per heavy atom. The lowest BCUT2D eigenvalue weighted by molar-refractivity contribution is -0.131. The molecule has 0 aliphatic rings. The van der Waals surface area contributed by atoms with Crippen molar-refractivity contribution >= 4 is 51.3 Å². The first-order chi connectivity index (χ1) is 12.5. The summed E-state index contributed by atoms with van der Waals surface area (Å²) in [6, 6.07) is 10.6. The molecule has 1 aromatic carbocycles. The highest BCUT2D eigenvalue weighted by Gasteiger charge is 2.18. The second kappa shape index (κ2) is 8.11. The second-order valence-electron chi connectivity index (χ2n) is 5.12. The van der Waals surface area contributed by atoms with Crippen LogP contribution in [0, 0.1) is 0 Å². The van der Waals surface area contributed by atoms with Gasteiger partial charge in [0.15, 0.2) is 15.7 Å². The molecule has 26 heavy (non-hydrogen) atoms. The van der Waals surface area contributed by atoms with Gasteiger partial charge in [0.1, 0.15) is 10.7 Å². The van der Waals surface area contributed by atoms with Gasteiger partial charge in [-0.2, -0.15) is 0 Å². The number of rotatable bonds is 6.